The molecule has 0 saturated carbocycles. The van der Waals surface area contributed by atoms with E-state index in [2.05, 4.69) is 23.3 Å². The van der Waals surface area contributed by atoms with Gasteiger partial charge in [0.2, 0.25) is 0 Å². The van der Waals surface area contributed by atoms with Crippen LogP contribution in [0.3, 0.4) is 0 Å². The summed E-state index contributed by atoms with van der Waals surface area (Å²) in [5.41, 5.74) is 8.86. The molecule has 1 heterocycles. The van der Waals surface area contributed by atoms with Gasteiger partial charge in [-0.3, -0.25) is 0 Å². The number of hydrogen-bond acceptors (Lipinski definition) is 3. The number of rotatable bonds is 4. The number of imidazole rings is 1. The molecule has 0 spiro atoms. The second-order valence-electron chi connectivity index (χ2n) is 3.82. The van der Waals surface area contributed by atoms with E-state index >= 15 is 0 Å². The first-order valence-electron chi connectivity index (χ1n) is 5.31. The minimum Gasteiger partial charge on any atom is -0.397 e. The Labute approximate surface area is 95.1 Å². The monoisotopic (exact) mass is 216 g/mol. The van der Waals surface area contributed by atoms with Crippen LogP contribution < -0.4 is 11.1 Å². The average Bonchev–Trinajstić information content (AvgIpc) is 2.76. The van der Waals surface area contributed by atoms with Crippen LogP contribution in [0.25, 0.3) is 0 Å². The Morgan fingerprint density at radius 1 is 1.44 bits per heavy atom. The Morgan fingerprint density at radius 3 is 3.06 bits per heavy atom. The summed E-state index contributed by atoms with van der Waals surface area (Å²) in [5, 5.41) is 3.32. The molecule has 0 amide bonds. The Hall–Kier alpha value is -1.97. The maximum Gasteiger partial charge on any atom is 0.0946 e. The van der Waals surface area contributed by atoms with Crippen LogP contribution in [0.5, 0.6) is 0 Å². The van der Waals surface area contributed by atoms with Crippen LogP contribution in [0, 0.1) is 6.92 Å². The highest BCUT2D eigenvalue weighted by Gasteiger charge is 1.98. The van der Waals surface area contributed by atoms with E-state index < -0.39 is 0 Å². The van der Waals surface area contributed by atoms with Crippen molar-refractivity contribution in [1.82, 2.24) is 9.55 Å². The fourth-order valence-corrected chi connectivity index (χ4v) is 1.56. The van der Waals surface area contributed by atoms with Gasteiger partial charge in [-0.25, -0.2) is 4.98 Å². The lowest BCUT2D eigenvalue weighted by Gasteiger charge is -2.10. The fourth-order valence-electron chi connectivity index (χ4n) is 1.56. The minimum absolute atomic E-state index is 0.788. The molecule has 4 heteroatoms. The molecule has 1 aromatic heterocycles. The quantitative estimate of drug-likeness (QED) is 0.767. The summed E-state index contributed by atoms with van der Waals surface area (Å²) < 4.78 is 2.03. The zero-order chi connectivity index (χ0) is 11.4. The highest BCUT2D eigenvalue weighted by Crippen LogP contribution is 2.19. The van der Waals surface area contributed by atoms with Gasteiger partial charge < -0.3 is 15.6 Å². The molecule has 0 unspecified atom stereocenters. The molecule has 1 aromatic carbocycles. The molecule has 0 aliphatic carbocycles. The highest BCUT2D eigenvalue weighted by molar-refractivity contribution is 5.66. The molecule has 0 radical (unpaired) electrons. The van der Waals surface area contributed by atoms with E-state index in [9.17, 15) is 0 Å². The van der Waals surface area contributed by atoms with Gasteiger partial charge in [0, 0.05) is 25.5 Å². The molecular weight excluding hydrogens is 200 g/mol. The molecule has 2 aromatic rings. The molecular formula is C12H16N4. The largest absolute Gasteiger partial charge is 0.397 e. The van der Waals surface area contributed by atoms with Gasteiger partial charge in [-0.2, -0.15) is 0 Å². The summed E-state index contributed by atoms with van der Waals surface area (Å²) in [4.78, 5) is 3.99. The number of hydrogen-bond donors (Lipinski definition) is 2. The molecule has 0 bridgehead atoms. The topological polar surface area (TPSA) is 55.9 Å². The summed E-state index contributed by atoms with van der Waals surface area (Å²) in [5.74, 6) is 0. The number of nitrogen functional groups attached to an aromatic ring is 1. The SMILES string of the molecule is Cc1ccc(N)c(NCCn2ccnc2)c1. The van der Waals surface area contributed by atoms with Crippen molar-refractivity contribution in [3.63, 3.8) is 0 Å². The number of nitrogens with zero attached hydrogens (tertiary/aromatic N) is 2. The molecule has 0 aliphatic rings. The summed E-state index contributed by atoms with van der Waals surface area (Å²) in [6.07, 6.45) is 5.53. The third-order valence-corrected chi connectivity index (χ3v) is 2.45. The molecule has 0 atom stereocenters. The van der Waals surface area contributed by atoms with E-state index in [-0.39, 0.29) is 0 Å². The van der Waals surface area contributed by atoms with Crippen molar-refractivity contribution in [2.45, 2.75) is 13.5 Å². The summed E-state index contributed by atoms with van der Waals surface area (Å²) >= 11 is 0. The lowest BCUT2D eigenvalue weighted by Crippen LogP contribution is -2.10. The van der Waals surface area contributed by atoms with Gasteiger partial charge in [0.25, 0.3) is 0 Å². The lowest BCUT2D eigenvalue weighted by molar-refractivity contribution is 0.727. The van der Waals surface area contributed by atoms with Crippen LogP contribution >= 0.6 is 0 Å². The van der Waals surface area contributed by atoms with Crippen LogP contribution in [-0.2, 0) is 6.54 Å². The Kier molecular flexibility index (Phi) is 3.10. The molecule has 16 heavy (non-hydrogen) atoms. The van der Waals surface area contributed by atoms with Crippen LogP contribution in [0.4, 0.5) is 11.4 Å². The second-order valence-corrected chi connectivity index (χ2v) is 3.82. The lowest BCUT2D eigenvalue weighted by atomic mass is 10.2. The number of nitrogens with one attached hydrogen (secondary N) is 1. The second kappa shape index (κ2) is 4.70. The first kappa shape index (κ1) is 10.5. The van der Waals surface area contributed by atoms with Crippen molar-refractivity contribution in [3.05, 3.63) is 42.5 Å². The maximum absolute atomic E-state index is 5.87. The predicted molar refractivity (Wildman–Crippen MR) is 66.3 cm³/mol. The number of aromatic nitrogens is 2. The number of aryl methyl sites for hydroxylation is 1. The summed E-state index contributed by atoms with van der Waals surface area (Å²) in [6, 6.07) is 5.99. The van der Waals surface area contributed by atoms with Crippen LogP contribution in [0.15, 0.2) is 36.9 Å². The van der Waals surface area contributed by atoms with Crippen LogP contribution in [0.2, 0.25) is 0 Å². The van der Waals surface area contributed by atoms with E-state index in [0.717, 1.165) is 24.5 Å². The first-order valence-corrected chi connectivity index (χ1v) is 5.31. The van der Waals surface area contributed by atoms with Gasteiger partial charge in [0.15, 0.2) is 0 Å². The third kappa shape index (κ3) is 2.53. The van der Waals surface area contributed by atoms with E-state index in [4.69, 9.17) is 5.73 Å². The molecule has 0 fully saturated rings. The summed E-state index contributed by atoms with van der Waals surface area (Å²) in [6.45, 7) is 3.78. The Morgan fingerprint density at radius 2 is 2.31 bits per heavy atom. The van der Waals surface area contributed by atoms with Gasteiger partial charge in [0.05, 0.1) is 17.7 Å². The summed E-state index contributed by atoms with van der Waals surface area (Å²) in [7, 11) is 0. The number of nitrogens with two attached hydrogens (primary N) is 1. The Bertz CT molecular complexity index is 448. The average molecular weight is 216 g/mol. The van der Waals surface area contributed by atoms with Gasteiger partial charge in [-0.15, -0.1) is 0 Å². The van der Waals surface area contributed by atoms with Gasteiger partial charge >= 0.3 is 0 Å². The number of anilines is 2. The van der Waals surface area contributed by atoms with Crippen molar-refractivity contribution < 1.29 is 0 Å². The normalized spacial score (nSPS) is 10.3. The molecule has 2 rings (SSSR count). The number of benzene rings is 1. The molecule has 0 aliphatic heterocycles. The van der Waals surface area contributed by atoms with Crippen molar-refractivity contribution in [2.75, 3.05) is 17.6 Å². The zero-order valence-electron chi connectivity index (χ0n) is 9.35. The van der Waals surface area contributed by atoms with E-state index in [1.54, 1.807) is 12.5 Å². The van der Waals surface area contributed by atoms with Crippen LogP contribution in [0.1, 0.15) is 5.56 Å². The van der Waals surface area contributed by atoms with Crippen LogP contribution in [-0.4, -0.2) is 16.1 Å². The smallest absolute Gasteiger partial charge is 0.0946 e. The van der Waals surface area contributed by atoms with Gasteiger partial charge in [0.1, 0.15) is 0 Å². The van der Waals surface area contributed by atoms with Crippen molar-refractivity contribution >= 4 is 11.4 Å². The van der Waals surface area contributed by atoms with Gasteiger partial charge in [-0.1, -0.05) is 6.07 Å². The molecule has 84 valence electrons. The predicted octanol–water partition coefficient (Wildman–Crippen LogP) is 1.89. The fraction of sp³-hybridized carbons (Fsp3) is 0.250. The highest BCUT2D eigenvalue weighted by atomic mass is 15.0. The Balaban J connectivity index is 1.92. The van der Waals surface area contributed by atoms with E-state index in [1.165, 1.54) is 5.56 Å². The third-order valence-electron chi connectivity index (χ3n) is 2.45. The molecule has 4 nitrogen and oxygen atoms in total. The zero-order valence-corrected chi connectivity index (χ0v) is 9.35. The molecule has 3 N–H and O–H groups in total. The molecule has 0 saturated heterocycles. The van der Waals surface area contributed by atoms with Gasteiger partial charge in [-0.05, 0) is 24.6 Å². The first-order chi connectivity index (χ1) is 7.75. The van der Waals surface area contributed by atoms with E-state index in [1.807, 2.05) is 22.9 Å². The van der Waals surface area contributed by atoms with Crippen molar-refractivity contribution in [2.24, 2.45) is 0 Å². The van der Waals surface area contributed by atoms with Crippen molar-refractivity contribution in [1.29, 1.82) is 0 Å². The van der Waals surface area contributed by atoms with E-state index in [0.29, 0.717) is 0 Å². The minimum atomic E-state index is 0.788. The van der Waals surface area contributed by atoms with Crippen molar-refractivity contribution in [3.8, 4) is 0 Å². The maximum atomic E-state index is 5.87. The standard InChI is InChI=1S/C12H16N4/c1-10-2-3-11(13)12(8-10)15-5-7-16-6-4-14-9-16/h2-4,6,8-9,15H,5,7,13H2,1H3.